The number of halogens is 1. The number of esters is 1. The highest BCUT2D eigenvalue weighted by Gasteiger charge is 2.22. The van der Waals surface area contributed by atoms with Gasteiger partial charge in [0.1, 0.15) is 16.2 Å². The number of nitrogens with zero attached hydrogens (tertiary/aromatic N) is 3. The molecule has 0 aliphatic carbocycles. The van der Waals surface area contributed by atoms with Crippen LogP contribution in [0, 0.1) is 6.92 Å². The predicted molar refractivity (Wildman–Crippen MR) is 101 cm³/mol. The summed E-state index contributed by atoms with van der Waals surface area (Å²) in [4.78, 5) is 16.8. The minimum absolute atomic E-state index is 0.0762. The number of ether oxygens (including phenoxy) is 1. The van der Waals surface area contributed by atoms with E-state index in [0.29, 0.717) is 29.2 Å². The first kappa shape index (κ1) is 17.3. The number of rotatable bonds is 5. The molecular formula is C20H16ClN3O3. The zero-order chi connectivity index (χ0) is 18.8. The van der Waals surface area contributed by atoms with Crippen LogP contribution in [0.1, 0.15) is 27.5 Å². The standard InChI is InChI=1S/C20H16ClN3O3/c1-13-18(19(21)24(23-13)11-14-7-3-2-4-8-14)20(25)26-12-17-22-15-9-5-6-10-16(15)27-17/h2-10H,11-12H2,1H3. The second-order valence-corrected chi connectivity index (χ2v) is 6.40. The van der Waals surface area contributed by atoms with Crippen LogP contribution in [0.25, 0.3) is 11.1 Å². The molecule has 0 bridgehead atoms. The molecule has 2 aromatic carbocycles. The quantitative estimate of drug-likeness (QED) is 0.479. The Morgan fingerprint density at radius 2 is 1.89 bits per heavy atom. The van der Waals surface area contributed by atoms with Crippen LogP contribution in [0.2, 0.25) is 5.15 Å². The molecule has 0 unspecified atom stereocenters. The van der Waals surface area contributed by atoms with E-state index in [2.05, 4.69) is 10.1 Å². The third-order valence-corrected chi connectivity index (χ3v) is 4.49. The molecular weight excluding hydrogens is 366 g/mol. The van der Waals surface area contributed by atoms with Gasteiger partial charge in [-0.25, -0.2) is 14.5 Å². The monoisotopic (exact) mass is 381 g/mol. The Bertz CT molecular complexity index is 1070. The van der Waals surface area contributed by atoms with E-state index in [-0.39, 0.29) is 17.3 Å². The highest BCUT2D eigenvalue weighted by molar-refractivity contribution is 6.32. The molecule has 27 heavy (non-hydrogen) atoms. The van der Waals surface area contributed by atoms with Gasteiger partial charge in [0.05, 0.1) is 12.2 Å². The molecule has 4 rings (SSSR count). The SMILES string of the molecule is Cc1nn(Cc2ccccc2)c(Cl)c1C(=O)OCc1nc2ccccc2o1. The van der Waals surface area contributed by atoms with E-state index in [0.717, 1.165) is 5.56 Å². The van der Waals surface area contributed by atoms with Gasteiger partial charge in [-0.3, -0.25) is 0 Å². The molecule has 0 N–H and O–H groups in total. The van der Waals surface area contributed by atoms with Gasteiger partial charge < -0.3 is 9.15 Å². The van der Waals surface area contributed by atoms with Gasteiger partial charge in [-0.2, -0.15) is 5.10 Å². The van der Waals surface area contributed by atoms with Gasteiger partial charge in [0.15, 0.2) is 12.2 Å². The minimum atomic E-state index is -0.556. The maximum absolute atomic E-state index is 12.5. The summed E-state index contributed by atoms with van der Waals surface area (Å²) in [7, 11) is 0. The van der Waals surface area contributed by atoms with Gasteiger partial charge in [0.25, 0.3) is 0 Å². The Balaban J connectivity index is 1.49. The van der Waals surface area contributed by atoms with Crippen molar-refractivity contribution < 1.29 is 13.9 Å². The number of carbonyl (C=O) groups is 1. The number of benzene rings is 2. The number of carbonyl (C=O) groups excluding carboxylic acids is 1. The van der Waals surface area contributed by atoms with Crippen LogP contribution in [0.5, 0.6) is 0 Å². The Labute approximate surface area is 160 Å². The van der Waals surface area contributed by atoms with Crippen LogP contribution in [0.4, 0.5) is 0 Å². The van der Waals surface area contributed by atoms with Crippen LogP contribution >= 0.6 is 11.6 Å². The normalized spacial score (nSPS) is 11.0. The number of para-hydroxylation sites is 2. The molecule has 136 valence electrons. The molecule has 0 spiro atoms. The van der Waals surface area contributed by atoms with Crippen molar-refractivity contribution in [1.82, 2.24) is 14.8 Å². The third kappa shape index (κ3) is 3.57. The Morgan fingerprint density at radius 1 is 1.15 bits per heavy atom. The molecule has 0 saturated carbocycles. The maximum atomic E-state index is 12.5. The van der Waals surface area contributed by atoms with Gasteiger partial charge in [-0.05, 0) is 24.6 Å². The fraction of sp³-hybridized carbons (Fsp3) is 0.150. The van der Waals surface area contributed by atoms with Crippen molar-refractivity contribution in [1.29, 1.82) is 0 Å². The van der Waals surface area contributed by atoms with E-state index in [1.54, 1.807) is 11.6 Å². The summed E-state index contributed by atoms with van der Waals surface area (Å²) in [5, 5.41) is 4.61. The fourth-order valence-electron chi connectivity index (χ4n) is 2.83. The van der Waals surface area contributed by atoms with Crippen molar-refractivity contribution in [3.63, 3.8) is 0 Å². The van der Waals surface area contributed by atoms with Crippen molar-refractivity contribution in [2.45, 2.75) is 20.1 Å². The lowest BCUT2D eigenvalue weighted by Gasteiger charge is -2.04. The lowest BCUT2D eigenvalue weighted by Crippen LogP contribution is -2.07. The molecule has 0 radical (unpaired) electrons. The van der Waals surface area contributed by atoms with Crippen LogP contribution in [-0.2, 0) is 17.9 Å². The molecule has 0 saturated heterocycles. The zero-order valence-electron chi connectivity index (χ0n) is 14.6. The molecule has 2 heterocycles. The Hall–Kier alpha value is -3.12. The molecule has 7 heteroatoms. The van der Waals surface area contributed by atoms with Crippen molar-refractivity contribution in [2.75, 3.05) is 0 Å². The van der Waals surface area contributed by atoms with Crippen LogP contribution < -0.4 is 0 Å². The van der Waals surface area contributed by atoms with Crippen LogP contribution in [-0.4, -0.2) is 20.7 Å². The average molecular weight is 382 g/mol. The average Bonchev–Trinajstić information content (AvgIpc) is 3.21. The van der Waals surface area contributed by atoms with E-state index in [1.807, 2.05) is 54.6 Å². The molecule has 0 aliphatic heterocycles. The van der Waals surface area contributed by atoms with Gasteiger partial charge in [-0.15, -0.1) is 0 Å². The summed E-state index contributed by atoms with van der Waals surface area (Å²) in [5.41, 5.74) is 3.16. The topological polar surface area (TPSA) is 70.2 Å². The zero-order valence-corrected chi connectivity index (χ0v) is 15.3. The summed E-state index contributed by atoms with van der Waals surface area (Å²) < 4.78 is 12.5. The van der Waals surface area contributed by atoms with Crippen molar-refractivity contribution in [3.05, 3.63) is 82.5 Å². The molecule has 6 nitrogen and oxygen atoms in total. The summed E-state index contributed by atoms with van der Waals surface area (Å²) in [6, 6.07) is 17.1. The van der Waals surface area contributed by atoms with E-state index < -0.39 is 5.97 Å². The van der Waals surface area contributed by atoms with E-state index in [4.69, 9.17) is 20.8 Å². The fourth-order valence-corrected chi connectivity index (χ4v) is 3.14. The first-order valence-electron chi connectivity index (χ1n) is 8.40. The van der Waals surface area contributed by atoms with Crippen LogP contribution in [0.15, 0.2) is 59.0 Å². The lowest BCUT2D eigenvalue weighted by atomic mass is 10.2. The molecule has 0 aliphatic rings. The highest BCUT2D eigenvalue weighted by atomic mass is 35.5. The molecule has 0 atom stereocenters. The number of fused-ring (bicyclic) bond motifs is 1. The van der Waals surface area contributed by atoms with Crippen molar-refractivity contribution in [3.8, 4) is 0 Å². The van der Waals surface area contributed by atoms with E-state index >= 15 is 0 Å². The molecule has 0 amide bonds. The van der Waals surface area contributed by atoms with Crippen molar-refractivity contribution in [2.24, 2.45) is 0 Å². The Morgan fingerprint density at radius 3 is 2.67 bits per heavy atom. The highest BCUT2D eigenvalue weighted by Crippen LogP contribution is 2.23. The predicted octanol–water partition coefficient (Wildman–Crippen LogP) is 4.39. The maximum Gasteiger partial charge on any atom is 0.343 e. The molecule has 4 aromatic rings. The minimum Gasteiger partial charge on any atom is -0.452 e. The van der Waals surface area contributed by atoms with Gasteiger partial charge >= 0.3 is 5.97 Å². The third-order valence-electron chi connectivity index (χ3n) is 4.11. The van der Waals surface area contributed by atoms with Gasteiger partial charge in [0.2, 0.25) is 5.89 Å². The second kappa shape index (κ2) is 7.25. The van der Waals surface area contributed by atoms with E-state index in [1.165, 1.54) is 0 Å². The smallest absolute Gasteiger partial charge is 0.343 e. The number of aryl methyl sites for hydroxylation is 1. The summed E-state index contributed by atoms with van der Waals surface area (Å²) in [5.74, 6) is -0.228. The van der Waals surface area contributed by atoms with Gasteiger partial charge in [-0.1, -0.05) is 54.1 Å². The summed E-state index contributed by atoms with van der Waals surface area (Å²) in [6.45, 7) is 2.12. The number of hydrogen-bond donors (Lipinski definition) is 0. The summed E-state index contributed by atoms with van der Waals surface area (Å²) in [6.07, 6.45) is 0. The lowest BCUT2D eigenvalue weighted by molar-refractivity contribution is 0.0439. The molecule has 0 fully saturated rings. The largest absolute Gasteiger partial charge is 0.452 e. The van der Waals surface area contributed by atoms with E-state index in [9.17, 15) is 4.79 Å². The molecule has 2 aromatic heterocycles. The van der Waals surface area contributed by atoms with Gasteiger partial charge in [0, 0.05) is 0 Å². The first-order valence-corrected chi connectivity index (χ1v) is 8.78. The summed E-state index contributed by atoms with van der Waals surface area (Å²) >= 11 is 6.38. The Kier molecular flexibility index (Phi) is 4.64. The number of oxazole rings is 1. The van der Waals surface area contributed by atoms with Crippen molar-refractivity contribution >= 4 is 28.7 Å². The van der Waals surface area contributed by atoms with Crippen LogP contribution in [0.3, 0.4) is 0 Å². The number of hydrogen-bond acceptors (Lipinski definition) is 5. The second-order valence-electron chi connectivity index (χ2n) is 6.05. The number of aromatic nitrogens is 3. The first-order chi connectivity index (χ1) is 13.1.